The lowest BCUT2D eigenvalue weighted by Gasteiger charge is -2.19. The lowest BCUT2D eigenvalue weighted by atomic mass is 10.1. The zero-order chi connectivity index (χ0) is 19.2. The molecule has 0 aliphatic carbocycles. The number of hydrogen-bond acceptors (Lipinski definition) is 6. The van der Waals surface area contributed by atoms with Gasteiger partial charge in [-0.15, -0.1) is 5.10 Å². The summed E-state index contributed by atoms with van der Waals surface area (Å²) in [5.41, 5.74) is 3.71. The highest BCUT2D eigenvalue weighted by atomic mass is 32.2. The zero-order valence-corrected chi connectivity index (χ0v) is 15.8. The van der Waals surface area contributed by atoms with Crippen LogP contribution in [0.5, 0.6) is 0 Å². The first kappa shape index (κ1) is 18.6. The van der Waals surface area contributed by atoms with E-state index in [9.17, 15) is 4.79 Å². The van der Waals surface area contributed by atoms with E-state index in [1.165, 1.54) is 16.7 Å². The molecule has 0 spiro atoms. The third-order valence-electron chi connectivity index (χ3n) is 3.96. The Hall–Kier alpha value is -3.18. The highest BCUT2D eigenvalue weighted by Gasteiger charge is 2.18. The van der Waals surface area contributed by atoms with Crippen molar-refractivity contribution < 1.29 is 4.79 Å². The van der Waals surface area contributed by atoms with Gasteiger partial charge in [0.05, 0.1) is 17.5 Å². The minimum absolute atomic E-state index is 0.00860. The molecule has 1 aromatic heterocycles. The number of nitriles is 1. The van der Waals surface area contributed by atoms with E-state index in [2.05, 4.69) is 15.5 Å². The number of amides is 1. The molecule has 3 rings (SSSR count). The fourth-order valence-electron chi connectivity index (χ4n) is 2.57. The Balaban J connectivity index is 1.77. The maximum Gasteiger partial charge on any atom is 0.238 e. The Morgan fingerprint density at radius 3 is 2.74 bits per heavy atom. The van der Waals surface area contributed by atoms with Crippen molar-refractivity contribution in [3.8, 4) is 11.8 Å². The van der Waals surface area contributed by atoms with Crippen LogP contribution in [-0.2, 0) is 4.79 Å². The molecule has 0 aliphatic rings. The van der Waals surface area contributed by atoms with E-state index in [0.717, 1.165) is 16.8 Å². The molecule has 7 nitrogen and oxygen atoms in total. The van der Waals surface area contributed by atoms with E-state index in [4.69, 9.17) is 5.26 Å². The van der Waals surface area contributed by atoms with Gasteiger partial charge in [-0.05, 0) is 53.6 Å². The number of para-hydroxylation sites is 1. The summed E-state index contributed by atoms with van der Waals surface area (Å²) < 4.78 is 1.64. The van der Waals surface area contributed by atoms with E-state index in [1.54, 1.807) is 16.8 Å². The van der Waals surface area contributed by atoms with Gasteiger partial charge in [-0.2, -0.15) is 9.94 Å². The van der Waals surface area contributed by atoms with E-state index in [1.807, 2.05) is 56.3 Å². The Kier molecular flexibility index (Phi) is 5.84. The van der Waals surface area contributed by atoms with Crippen molar-refractivity contribution in [3.63, 3.8) is 0 Å². The molecule has 0 saturated carbocycles. The van der Waals surface area contributed by atoms with Crippen LogP contribution >= 0.6 is 11.8 Å². The number of nitrogens with zero attached hydrogens (tertiary/aromatic N) is 6. The number of aromatic nitrogens is 4. The van der Waals surface area contributed by atoms with Crippen molar-refractivity contribution in [3.05, 3.63) is 59.7 Å². The van der Waals surface area contributed by atoms with Gasteiger partial charge in [0.15, 0.2) is 0 Å². The topological polar surface area (TPSA) is 87.7 Å². The van der Waals surface area contributed by atoms with E-state index < -0.39 is 0 Å². The van der Waals surface area contributed by atoms with Gasteiger partial charge >= 0.3 is 0 Å². The predicted octanol–water partition coefficient (Wildman–Crippen LogP) is 2.93. The average molecular weight is 378 g/mol. The summed E-state index contributed by atoms with van der Waals surface area (Å²) >= 11 is 1.25. The molecule has 1 amide bonds. The molecule has 136 valence electrons. The average Bonchev–Trinajstić information content (AvgIpc) is 3.15. The minimum Gasteiger partial charge on any atom is -0.298 e. The molecule has 0 fully saturated rings. The van der Waals surface area contributed by atoms with Gasteiger partial charge in [-0.1, -0.05) is 42.1 Å². The van der Waals surface area contributed by atoms with Crippen LogP contribution in [0.1, 0.15) is 11.1 Å². The van der Waals surface area contributed by atoms with Gasteiger partial charge in [-0.25, -0.2) is 0 Å². The molecule has 0 radical (unpaired) electrons. The lowest BCUT2D eigenvalue weighted by molar-refractivity contribution is -0.116. The maximum atomic E-state index is 12.7. The summed E-state index contributed by atoms with van der Waals surface area (Å²) in [5, 5.41) is 21.4. The van der Waals surface area contributed by atoms with E-state index >= 15 is 0 Å². The third-order valence-corrected chi connectivity index (χ3v) is 4.86. The summed E-state index contributed by atoms with van der Waals surface area (Å²) in [5.74, 6) is -0.0507. The molecular formula is C19H18N6OS. The van der Waals surface area contributed by atoms with Crippen molar-refractivity contribution in [1.82, 2.24) is 20.2 Å². The fraction of sp³-hybridized carbons (Fsp3) is 0.211. The van der Waals surface area contributed by atoms with Gasteiger partial charge in [-0.3, -0.25) is 9.69 Å². The zero-order valence-electron chi connectivity index (χ0n) is 15.0. The molecule has 0 N–H and O–H groups in total. The Morgan fingerprint density at radius 2 is 2.00 bits per heavy atom. The summed E-state index contributed by atoms with van der Waals surface area (Å²) in [4.78, 5) is 14.1. The van der Waals surface area contributed by atoms with Crippen LogP contribution in [0.3, 0.4) is 0 Å². The Morgan fingerprint density at radius 1 is 1.22 bits per heavy atom. The Bertz CT molecular complexity index is 979. The van der Waals surface area contributed by atoms with Crippen molar-refractivity contribution in [2.75, 3.05) is 17.2 Å². The SMILES string of the molecule is Cc1ccc(C)c(-n2nnnc2SCC(=O)N(CC#N)c2ccccc2)c1. The lowest BCUT2D eigenvalue weighted by Crippen LogP contribution is -2.32. The number of tetrazole rings is 1. The largest absolute Gasteiger partial charge is 0.298 e. The van der Waals surface area contributed by atoms with Crippen LogP contribution in [0.4, 0.5) is 5.69 Å². The summed E-state index contributed by atoms with van der Waals surface area (Å²) in [7, 11) is 0. The summed E-state index contributed by atoms with van der Waals surface area (Å²) in [6.45, 7) is 3.98. The quantitative estimate of drug-likeness (QED) is 0.484. The second-order valence-corrected chi connectivity index (χ2v) is 6.87. The molecule has 0 atom stereocenters. The molecule has 0 saturated heterocycles. The molecule has 8 heteroatoms. The summed E-state index contributed by atoms with van der Waals surface area (Å²) in [6.07, 6.45) is 0. The number of benzene rings is 2. The van der Waals surface area contributed by atoms with Gasteiger partial charge < -0.3 is 0 Å². The molecule has 27 heavy (non-hydrogen) atoms. The minimum atomic E-state index is -0.178. The number of rotatable bonds is 6. The fourth-order valence-corrected chi connectivity index (χ4v) is 3.33. The predicted molar refractivity (Wildman–Crippen MR) is 104 cm³/mol. The van der Waals surface area contributed by atoms with Gasteiger partial charge in [0.2, 0.25) is 11.1 Å². The number of hydrogen-bond donors (Lipinski definition) is 0. The van der Waals surface area contributed by atoms with E-state index in [0.29, 0.717) is 10.8 Å². The van der Waals surface area contributed by atoms with Gasteiger partial charge in [0.1, 0.15) is 6.54 Å². The highest BCUT2D eigenvalue weighted by molar-refractivity contribution is 7.99. The normalized spacial score (nSPS) is 10.4. The number of carbonyl (C=O) groups is 1. The number of thioether (sulfide) groups is 1. The maximum absolute atomic E-state index is 12.7. The molecule has 3 aromatic rings. The van der Waals surface area contributed by atoms with Crippen molar-refractivity contribution in [2.24, 2.45) is 0 Å². The molecule has 0 aliphatic heterocycles. The van der Waals surface area contributed by atoms with Crippen LogP contribution in [0.15, 0.2) is 53.7 Å². The first-order valence-corrected chi connectivity index (χ1v) is 9.30. The molecule has 0 bridgehead atoms. The van der Waals surface area contributed by atoms with Crippen LogP contribution in [0.2, 0.25) is 0 Å². The van der Waals surface area contributed by atoms with Crippen molar-refractivity contribution in [2.45, 2.75) is 19.0 Å². The van der Waals surface area contributed by atoms with E-state index in [-0.39, 0.29) is 18.2 Å². The first-order chi connectivity index (χ1) is 13.1. The van der Waals surface area contributed by atoms with Crippen molar-refractivity contribution in [1.29, 1.82) is 5.26 Å². The highest BCUT2D eigenvalue weighted by Crippen LogP contribution is 2.23. The van der Waals surface area contributed by atoms with Crippen molar-refractivity contribution >= 4 is 23.4 Å². The second-order valence-electron chi connectivity index (χ2n) is 5.93. The number of carbonyl (C=O) groups excluding carboxylic acids is 1. The van der Waals surface area contributed by atoms with Gasteiger partial charge in [0.25, 0.3) is 0 Å². The molecule has 0 unspecified atom stereocenters. The van der Waals surface area contributed by atoms with Gasteiger partial charge in [0, 0.05) is 5.69 Å². The Labute approximate surface area is 161 Å². The number of aryl methyl sites for hydroxylation is 2. The van der Waals surface area contributed by atoms with Crippen LogP contribution in [0.25, 0.3) is 5.69 Å². The molecular weight excluding hydrogens is 360 g/mol. The smallest absolute Gasteiger partial charge is 0.238 e. The third kappa shape index (κ3) is 4.33. The number of anilines is 1. The van der Waals surface area contributed by atoms with Crippen LogP contribution < -0.4 is 4.90 Å². The first-order valence-electron chi connectivity index (χ1n) is 8.31. The molecule has 1 heterocycles. The second kappa shape index (κ2) is 8.47. The molecule has 2 aromatic carbocycles. The monoisotopic (exact) mass is 378 g/mol. The van der Waals surface area contributed by atoms with Crippen LogP contribution in [0, 0.1) is 25.2 Å². The summed E-state index contributed by atoms with van der Waals surface area (Å²) in [6, 6.07) is 17.2. The van der Waals surface area contributed by atoms with Crippen LogP contribution in [-0.4, -0.2) is 38.4 Å². The standard InChI is InChI=1S/C19H18N6OS/c1-14-8-9-15(2)17(12-14)25-19(21-22-23-25)27-13-18(26)24(11-10-20)16-6-4-3-5-7-16/h3-9,12H,11,13H2,1-2H3.